The molecule has 0 aliphatic heterocycles. The van der Waals surface area contributed by atoms with Crippen LogP contribution in [0, 0.1) is 0 Å². The number of halogens is 1. The monoisotopic (exact) mass is 318 g/mol. The van der Waals surface area contributed by atoms with Gasteiger partial charge in [0.25, 0.3) is 0 Å². The van der Waals surface area contributed by atoms with Crippen molar-refractivity contribution in [3.05, 3.63) is 59.0 Å². The number of benzene rings is 2. The highest BCUT2D eigenvalue weighted by Gasteiger charge is 2.22. The van der Waals surface area contributed by atoms with Gasteiger partial charge < -0.3 is 9.47 Å². The first-order chi connectivity index (χ1) is 10.3. The summed E-state index contributed by atoms with van der Waals surface area (Å²) in [6.45, 7) is 0. The third-order valence-electron chi connectivity index (χ3n) is 3.50. The van der Waals surface area contributed by atoms with E-state index >= 15 is 0 Å². The van der Waals surface area contributed by atoms with Crippen molar-refractivity contribution in [1.29, 1.82) is 0 Å². The van der Waals surface area contributed by atoms with Gasteiger partial charge >= 0.3 is 0 Å². The molecule has 1 aromatic heterocycles. The Morgan fingerprint density at radius 3 is 2.29 bits per heavy atom. The zero-order valence-electron chi connectivity index (χ0n) is 11.8. The highest BCUT2D eigenvalue weighted by Crippen LogP contribution is 2.44. The summed E-state index contributed by atoms with van der Waals surface area (Å²) < 4.78 is 12.1. The topological polar surface area (TPSA) is 18.5 Å². The van der Waals surface area contributed by atoms with Gasteiger partial charge in [-0.3, -0.25) is 0 Å². The smallest absolute Gasteiger partial charge is 0.127 e. The Bertz CT molecular complexity index is 744. The van der Waals surface area contributed by atoms with Gasteiger partial charge in [0, 0.05) is 4.70 Å². The Morgan fingerprint density at radius 2 is 1.62 bits per heavy atom. The summed E-state index contributed by atoms with van der Waals surface area (Å²) in [7, 11) is 3.29. The second kappa shape index (κ2) is 5.96. The second-order valence-corrected chi connectivity index (χ2v) is 5.97. The molecule has 0 N–H and O–H groups in total. The lowest BCUT2D eigenvalue weighted by molar-refractivity contribution is 0.386. The van der Waals surface area contributed by atoms with E-state index in [1.165, 1.54) is 10.1 Å². The van der Waals surface area contributed by atoms with E-state index in [0.29, 0.717) is 0 Å². The molecule has 1 unspecified atom stereocenters. The zero-order valence-corrected chi connectivity index (χ0v) is 13.4. The molecule has 2 nitrogen and oxygen atoms in total. The number of thiophene rings is 1. The quantitative estimate of drug-likeness (QED) is 0.612. The average molecular weight is 319 g/mol. The summed E-state index contributed by atoms with van der Waals surface area (Å²) >= 11 is 8.46. The maximum atomic E-state index is 6.77. The Labute approximate surface area is 132 Å². The minimum Gasteiger partial charge on any atom is -0.496 e. The molecule has 0 fully saturated rings. The standard InChI is InChI=1S/C17H15ClO2S/c1-19-13-7-5-8-14(20-2)16(13)17(18)12-10-21-15-9-4-3-6-11(12)15/h3-10,17H,1-2H3. The molecular formula is C17H15ClO2S. The largest absolute Gasteiger partial charge is 0.496 e. The summed E-state index contributed by atoms with van der Waals surface area (Å²) in [5.74, 6) is 1.48. The molecule has 1 heterocycles. The van der Waals surface area contributed by atoms with Crippen LogP contribution in [0.4, 0.5) is 0 Å². The van der Waals surface area contributed by atoms with E-state index in [2.05, 4.69) is 17.5 Å². The highest BCUT2D eigenvalue weighted by atomic mass is 35.5. The van der Waals surface area contributed by atoms with E-state index in [-0.39, 0.29) is 5.38 Å². The molecule has 0 spiro atoms. The molecule has 0 saturated heterocycles. The van der Waals surface area contributed by atoms with Gasteiger partial charge in [0.05, 0.1) is 25.2 Å². The molecule has 0 saturated carbocycles. The Hall–Kier alpha value is -1.71. The van der Waals surface area contributed by atoms with Crippen molar-refractivity contribution in [2.24, 2.45) is 0 Å². The molecule has 0 aliphatic carbocycles. The molecule has 21 heavy (non-hydrogen) atoms. The highest BCUT2D eigenvalue weighted by molar-refractivity contribution is 7.17. The van der Waals surface area contributed by atoms with Crippen molar-refractivity contribution in [3.63, 3.8) is 0 Å². The lowest BCUT2D eigenvalue weighted by atomic mass is 10.0. The van der Waals surface area contributed by atoms with Crippen LogP contribution in [0.1, 0.15) is 16.5 Å². The number of hydrogen-bond donors (Lipinski definition) is 0. The van der Waals surface area contributed by atoms with Crippen LogP contribution < -0.4 is 9.47 Å². The number of fused-ring (bicyclic) bond motifs is 1. The molecule has 2 aromatic carbocycles. The normalized spacial score (nSPS) is 12.3. The molecular weight excluding hydrogens is 304 g/mol. The summed E-state index contributed by atoms with van der Waals surface area (Å²) in [5, 5.41) is 2.97. The fraction of sp³-hybridized carbons (Fsp3) is 0.176. The predicted octanol–water partition coefficient (Wildman–Crippen LogP) is 5.25. The van der Waals surface area contributed by atoms with Crippen molar-refractivity contribution in [1.82, 2.24) is 0 Å². The number of alkyl halides is 1. The van der Waals surface area contributed by atoms with Gasteiger partial charge in [-0.15, -0.1) is 22.9 Å². The second-order valence-electron chi connectivity index (χ2n) is 4.63. The van der Waals surface area contributed by atoms with Gasteiger partial charge in [0.2, 0.25) is 0 Å². The number of methoxy groups -OCH3 is 2. The van der Waals surface area contributed by atoms with Crippen LogP contribution >= 0.6 is 22.9 Å². The van der Waals surface area contributed by atoms with E-state index in [0.717, 1.165) is 22.6 Å². The van der Waals surface area contributed by atoms with E-state index in [4.69, 9.17) is 21.1 Å². The van der Waals surface area contributed by atoms with Crippen LogP contribution in [0.2, 0.25) is 0 Å². The van der Waals surface area contributed by atoms with Gasteiger partial charge in [-0.25, -0.2) is 0 Å². The summed E-state index contributed by atoms with van der Waals surface area (Å²) in [6.07, 6.45) is 0. The van der Waals surface area contributed by atoms with Crippen LogP contribution in [-0.2, 0) is 0 Å². The lowest BCUT2D eigenvalue weighted by Gasteiger charge is -2.17. The summed E-state index contributed by atoms with van der Waals surface area (Å²) in [5.41, 5.74) is 1.95. The Kier molecular flexibility index (Phi) is 4.04. The Balaban J connectivity index is 2.16. The molecule has 0 radical (unpaired) electrons. The van der Waals surface area contributed by atoms with E-state index < -0.39 is 0 Å². The maximum absolute atomic E-state index is 6.77. The fourth-order valence-electron chi connectivity index (χ4n) is 2.48. The predicted molar refractivity (Wildman–Crippen MR) is 89.1 cm³/mol. The minimum atomic E-state index is -0.313. The van der Waals surface area contributed by atoms with E-state index in [1.54, 1.807) is 25.6 Å². The van der Waals surface area contributed by atoms with Crippen LogP contribution in [0.25, 0.3) is 10.1 Å². The van der Waals surface area contributed by atoms with Gasteiger partial charge in [-0.05, 0) is 34.5 Å². The fourth-order valence-corrected chi connectivity index (χ4v) is 3.94. The van der Waals surface area contributed by atoms with Gasteiger partial charge in [0.15, 0.2) is 0 Å². The number of rotatable bonds is 4. The molecule has 4 heteroatoms. The molecule has 3 rings (SSSR count). The summed E-state index contributed by atoms with van der Waals surface area (Å²) in [4.78, 5) is 0. The third kappa shape index (κ3) is 2.47. The van der Waals surface area contributed by atoms with Crippen LogP contribution in [0.15, 0.2) is 47.8 Å². The van der Waals surface area contributed by atoms with Crippen LogP contribution in [-0.4, -0.2) is 14.2 Å². The molecule has 1 atom stereocenters. The van der Waals surface area contributed by atoms with Crippen molar-refractivity contribution >= 4 is 33.0 Å². The van der Waals surface area contributed by atoms with Gasteiger partial charge in [0.1, 0.15) is 11.5 Å². The number of ether oxygens (including phenoxy) is 2. The first kappa shape index (κ1) is 14.2. The molecule has 108 valence electrons. The average Bonchev–Trinajstić information content (AvgIpc) is 2.97. The molecule has 0 bridgehead atoms. The molecule has 3 aromatic rings. The summed E-state index contributed by atoms with van der Waals surface area (Å²) in [6, 6.07) is 14.0. The SMILES string of the molecule is COc1cccc(OC)c1C(Cl)c1csc2ccccc12. The Morgan fingerprint density at radius 1 is 0.952 bits per heavy atom. The van der Waals surface area contributed by atoms with Crippen LogP contribution in [0.3, 0.4) is 0 Å². The third-order valence-corrected chi connectivity index (χ3v) is 4.94. The first-order valence-corrected chi connectivity index (χ1v) is 7.89. The maximum Gasteiger partial charge on any atom is 0.127 e. The van der Waals surface area contributed by atoms with Crippen molar-refractivity contribution < 1.29 is 9.47 Å². The van der Waals surface area contributed by atoms with Gasteiger partial charge in [-0.2, -0.15) is 0 Å². The molecule has 0 aliphatic rings. The lowest BCUT2D eigenvalue weighted by Crippen LogP contribution is -2.00. The van der Waals surface area contributed by atoms with Crippen molar-refractivity contribution in [2.75, 3.05) is 14.2 Å². The van der Waals surface area contributed by atoms with E-state index in [1.807, 2.05) is 30.3 Å². The van der Waals surface area contributed by atoms with E-state index in [9.17, 15) is 0 Å². The van der Waals surface area contributed by atoms with Crippen molar-refractivity contribution in [3.8, 4) is 11.5 Å². The first-order valence-electron chi connectivity index (χ1n) is 6.57. The zero-order chi connectivity index (χ0) is 14.8. The van der Waals surface area contributed by atoms with Gasteiger partial charge in [-0.1, -0.05) is 24.3 Å². The molecule has 0 amide bonds. The number of hydrogen-bond acceptors (Lipinski definition) is 3. The van der Waals surface area contributed by atoms with Crippen molar-refractivity contribution in [2.45, 2.75) is 5.38 Å². The van der Waals surface area contributed by atoms with Crippen LogP contribution in [0.5, 0.6) is 11.5 Å². The minimum absolute atomic E-state index is 0.313.